The summed E-state index contributed by atoms with van der Waals surface area (Å²) in [5.74, 6) is -3.13. The Kier molecular flexibility index (Phi) is 7.37. The molecule has 0 saturated carbocycles. The zero-order valence-corrected chi connectivity index (χ0v) is 18.1. The molecule has 0 spiro atoms. The number of halogens is 3. The molecule has 1 atom stereocenters. The van der Waals surface area contributed by atoms with Crippen molar-refractivity contribution >= 4 is 64.2 Å². The van der Waals surface area contributed by atoms with Crippen molar-refractivity contribution in [1.29, 1.82) is 0 Å². The van der Waals surface area contributed by atoms with Crippen LogP contribution in [0.4, 0.5) is 5.69 Å². The molecule has 2 aromatic carbocycles. The molecule has 8 nitrogen and oxygen atoms in total. The van der Waals surface area contributed by atoms with E-state index in [1.54, 1.807) is 24.3 Å². The fourth-order valence-electron chi connectivity index (χ4n) is 2.82. The molecule has 0 aromatic heterocycles. The SMILES string of the molecule is O=C(COC(=O)[C@H]1CC(=O)N(NC(=O)c2ccc(Cl)c(Cl)c2)C1)Nc1cccc(Cl)c1. The zero-order chi connectivity index (χ0) is 22.5. The number of anilines is 1. The summed E-state index contributed by atoms with van der Waals surface area (Å²) in [4.78, 5) is 48.6. The average Bonchev–Trinajstić information content (AvgIpc) is 3.08. The van der Waals surface area contributed by atoms with Gasteiger partial charge < -0.3 is 10.1 Å². The van der Waals surface area contributed by atoms with Gasteiger partial charge in [-0.25, -0.2) is 0 Å². The molecule has 0 aliphatic carbocycles. The Morgan fingerprint density at radius 2 is 1.84 bits per heavy atom. The van der Waals surface area contributed by atoms with Crippen molar-refractivity contribution in [2.45, 2.75) is 6.42 Å². The molecule has 2 N–H and O–H groups in total. The normalized spacial score (nSPS) is 15.5. The third-order valence-electron chi connectivity index (χ3n) is 4.33. The van der Waals surface area contributed by atoms with Crippen molar-refractivity contribution < 1.29 is 23.9 Å². The van der Waals surface area contributed by atoms with Crippen molar-refractivity contribution in [3.8, 4) is 0 Å². The molecule has 1 heterocycles. The van der Waals surface area contributed by atoms with Crippen LogP contribution in [0.5, 0.6) is 0 Å². The Balaban J connectivity index is 1.49. The molecule has 1 saturated heterocycles. The van der Waals surface area contributed by atoms with E-state index >= 15 is 0 Å². The topological polar surface area (TPSA) is 105 Å². The first kappa shape index (κ1) is 22.9. The quantitative estimate of drug-likeness (QED) is 0.612. The number of ether oxygens (including phenoxy) is 1. The first-order valence-electron chi connectivity index (χ1n) is 9.01. The Labute approximate surface area is 192 Å². The number of hydrogen-bond acceptors (Lipinski definition) is 5. The smallest absolute Gasteiger partial charge is 0.311 e. The van der Waals surface area contributed by atoms with E-state index in [9.17, 15) is 19.2 Å². The molecule has 11 heteroatoms. The van der Waals surface area contributed by atoms with Gasteiger partial charge in [0, 0.05) is 22.7 Å². The van der Waals surface area contributed by atoms with E-state index in [0.717, 1.165) is 5.01 Å². The number of nitrogens with zero attached hydrogens (tertiary/aromatic N) is 1. The maximum Gasteiger partial charge on any atom is 0.311 e. The second-order valence-electron chi connectivity index (χ2n) is 6.64. The molecule has 3 amide bonds. The summed E-state index contributed by atoms with van der Waals surface area (Å²) in [5, 5.41) is 4.50. The van der Waals surface area contributed by atoms with Crippen LogP contribution in [-0.4, -0.2) is 41.9 Å². The van der Waals surface area contributed by atoms with Crippen LogP contribution in [0.15, 0.2) is 42.5 Å². The van der Waals surface area contributed by atoms with Gasteiger partial charge in [0.15, 0.2) is 6.61 Å². The minimum atomic E-state index is -0.819. The molecule has 0 bridgehead atoms. The average molecular weight is 485 g/mol. The molecule has 1 fully saturated rings. The summed E-state index contributed by atoms with van der Waals surface area (Å²) in [6.45, 7) is -0.605. The van der Waals surface area contributed by atoms with Crippen LogP contribution < -0.4 is 10.7 Å². The van der Waals surface area contributed by atoms with Gasteiger partial charge in [0.1, 0.15) is 0 Å². The van der Waals surface area contributed by atoms with E-state index in [1.807, 2.05) is 0 Å². The van der Waals surface area contributed by atoms with E-state index < -0.39 is 36.2 Å². The number of amides is 3. The predicted molar refractivity (Wildman–Crippen MR) is 115 cm³/mol. The minimum absolute atomic E-state index is 0.0827. The summed E-state index contributed by atoms with van der Waals surface area (Å²) in [5.41, 5.74) is 3.08. The number of hydrazine groups is 1. The second kappa shape index (κ2) is 10.00. The van der Waals surface area contributed by atoms with E-state index in [1.165, 1.54) is 18.2 Å². The summed E-state index contributed by atoms with van der Waals surface area (Å²) < 4.78 is 5.00. The van der Waals surface area contributed by atoms with E-state index in [-0.39, 0.29) is 28.6 Å². The molecular formula is C20H16Cl3N3O5. The van der Waals surface area contributed by atoms with Gasteiger partial charge in [0.25, 0.3) is 11.8 Å². The molecule has 1 aliphatic rings. The van der Waals surface area contributed by atoms with E-state index in [0.29, 0.717) is 10.7 Å². The Hall–Kier alpha value is -2.81. The number of rotatable bonds is 6. The van der Waals surface area contributed by atoms with Crippen molar-refractivity contribution in [3.63, 3.8) is 0 Å². The molecule has 3 rings (SSSR count). The fraction of sp³-hybridized carbons (Fsp3) is 0.200. The molecule has 0 radical (unpaired) electrons. The molecule has 0 unspecified atom stereocenters. The fourth-order valence-corrected chi connectivity index (χ4v) is 3.30. The van der Waals surface area contributed by atoms with E-state index in [4.69, 9.17) is 39.5 Å². The lowest BCUT2D eigenvalue weighted by atomic mass is 10.1. The first-order chi connectivity index (χ1) is 14.7. The third kappa shape index (κ3) is 6.10. The number of esters is 1. The lowest BCUT2D eigenvalue weighted by Crippen LogP contribution is -2.43. The molecule has 1 aliphatic heterocycles. The Bertz CT molecular complexity index is 1050. The van der Waals surface area contributed by atoms with Crippen LogP contribution in [-0.2, 0) is 19.1 Å². The molecule has 162 valence electrons. The summed E-state index contributed by atoms with van der Waals surface area (Å²) in [7, 11) is 0. The first-order valence-corrected chi connectivity index (χ1v) is 10.1. The minimum Gasteiger partial charge on any atom is -0.455 e. The lowest BCUT2D eigenvalue weighted by Gasteiger charge is -2.17. The maximum atomic E-state index is 12.3. The number of hydrogen-bond donors (Lipinski definition) is 2. The van der Waals surface area contributed by atoms with Crippen molar-refractivity contribution in [3.05, 3.63) is 63.1 Å². The number of carbonyl (C=O) groups is 4. The largest absolute Gasteiger partial charge is 0.455 e. The van der Waals surface area contributed by atoms with Crippen LogP contribution in [0.2, 0.25) is 15.1 Å². The second-order valence-corrected chi connectivity index (χ2v) is 7.89. The summed E-state index contributed by atoms with van der Waals surface area (Å²) in [6.07, 6.45) is -0.156. The molecule has 2 aromatic rings. The van der Waals surface area contributed by atoms with Crippen molar-refractivity contribution in [2.24, 2.45) is 5.92 Å². The van der Waals surface area contributed by atoms with Gasteiger partial charge in [0.2, 0.25) is 5.91 Å². The highest BCUT2D eigenvalue weighted by Gasteiger charge is 2.36. The van der Waals surface area contributed by atoms with Crippen LogP contribution in [0.25, 0.3) is 0 Å². The number of benzene rings is 2. The van der Waals surface area contributed by atoms with Crippen molar-refractivity contribution in [1.82, 2.24) is 10.4 Å². The van der Waals surface area contributed by atoms with Gasteiger partial charge in [-0.15, -0.1) is 0 Å². The lowest BCUT2D eigenvalue weighted by molar-refractivity contribution is -0.151. The van der Waals surface area contributed by atoms with E-state index in [2.05, 4.69) is 10.7 Å². The highest BCUT2D eigenvalue weighted by Crippen LogP contribution is 2.23. The summed E-state index contributed by atoms with van der Waals surface area (Å²) in [6, 6.07) is 10.8. The number of nitrogens with one attached hydrogen (secondary N) is 2. The third-order valence-corrected chi connectivity index (χ3v) is 5.30. The molecular weight excluding hydrogens is 469 g/mol. The van der Waals surface area contributed by atoms with Crippen LogP contribution in [0.3, 0.4) is 0 Å². The van der Waals surface area contributed by atoms with Crippen LogP contribution in [0.1, 0.15) is 16.8 Å². The summed E-state index contributed by atoms with van der Waals surface area (Å²) >= 11 is 17.6. The van der Waals surface area contributed by atoms with Gasteiger partial charge in [-0.2, -0.15) is 0 Å². The highest BCUT2D eigenvalue weighted by atomic mass is 35.5. The van der Waals surface area contributed by atoms with Gasteiger partial charge in [-0.1, -0.05) is 40.9 Å². The van der Waals surface area contributed by atoms with Gasteiger partial charge >= 0.3 is 5.97 Å². The predicted octanol–water partition coefficient (Wildman–Crippen LogP) is 3.32. The standard InChI is InChI=1S/C20H16Cl3N3O5/c21-13-2-1-3-14(8-13)24-17(27)10-31-20(30)12-7-18(28)26(9-12)25-19(29)11-4-5-15(22)16(23)6-11/h1-6,8,12H,7,9-10H2,(H,24,27)(H,25,29)/t12-/m0/s1. The van der Waals surface area contributed by atoms with Crippen molar-refractivity contribution in [2.75, 3.05) is 18.5 Å². The van der Waals surface area contributed by atoms with Crippen LogP contribution >= 0.6 is 34.8 Å². The van der Waals surface area contributed by atoms with Gasteiger partial charge in [-0.05, 0) is 36.4 Å². The molecule has 31 heavy (non-hydrogen) atoms. The maximum absolute atomic E-state index is 12.3. The highest BCUT2D eigenvalue weighted by molar-refractivity contribution is 6.42. The Morgan fingerprint density at radius 1 is 1.06 bits per heavy atom. The number of carbonyl (C=O) groups excluding carboxylic acids is 4. The van der Waals surface area contributed by atoms with Crippen LogP contribution in [0, 0.1) is 5.92 Å². The Morgan fingerprint density at radius 3 is 2.55 bits per heavy atom. The van der Waals surface area contributed by atoms with Gasteiger partial charge in [0.05, 0.1) is 22.5 Å². The monoisotopic (exact) mass is 483 g/mol. The zero-order valence-electron chi connectivity index (χ0n) is 15.9. The van der Waals surface area contributed by atoms with Gasteiger partial charge in [-0.3, -0.25) is 29.6 Å².